The number of halogens is 1. The molecule has 8 nitrogen and oxygen atoms in total. The van der Waals surface area contributed by atoms with Gasteiger partial charge in [0.1, 0.15) is 4.70 Å². The zero-order valence-corrected chi connectivity index (χ0v) is 16.9. The number of fused-ring (bicyclic) bond motifs is 4. The van der Waals surface area contributed by atoms with E-state index in [-0.39, 0.29) is 12.2 Å². The fourth-order valence-corrected chi connectivity index (χ4v) is 4.43. The predicted molar refractivity (Wildman–Crippen MR) is 109 cm³/mol. The largest absolute Gasteiger partial charge is 0.454 e. The van der Waals surface area contributed by atoms with Crippen LogP contribution in [-0.4, -0.2) is 30.1 Å². The van der Waals surface area contributed by atoms with Gasteiger partial charge in [-0.2, -0.15) is 0 Å². The van der Waals surface area contributed by atoms with Crippen molar-refractivity contribution in [2.75, 3.05) is 0 Å². The van der Waals surface area contributed by atoms with Gasteiger partial charge in [-0.3, -0.25) is 13.8 Å². The van der Waals surface area contributed by atoms with Crippen LogP contribution >= 0.6 is 27.3 Å². The maximum atomic E-state index is 12.6. The van der Waals surface area contributed by atoms with Crippen molar-refractivity contribution in [2.24, 2.45) is 7.05 Å². The Morgan fingerprint density at radius 1 is 1.32 bits per heavy atom. The number of aryl methyl sites for hydroxylation is 1. The summed E-state index contributed by atoms with van der Waals surface area (Å²) < 4.78 is 10.2. The number of hydrogen-bond donors (Lipinski definition) is 1. The van der Waals surface area contributed by atoms with Gasteiger partial charge in [0.05, 0.1) is 11.1 Å². The van der Waals surface area contributed by atoms with Crippen LogP contribution in [-0.2, 0) is 18.4 Å². The molecule has 0 bridgehead atoms. The Labute approximate surface area is 169 Å². The topological polar surface area (TPSA) is 94.3 Å². The number of ether oxygens (including phenoxy) is 1. The van der Waals surface area contributed by atoms with Crippen LogP contribution in [0, 0.1) is 0 Å². The molecule has 5 aromatic rings. The van der Waals surface area contributed by atoms with Gasteiger partial charge in [-0.25, -0.2) is 4.79 Å². The van der Waals surface area contributed by atoms with Gasteiger partial charge in [0.25, 0.3) is 5.56 Å². The molecule has 0 aliphatic carbocycles. The van der Waals surface area contributed by atoms with Crippen LogP contribution in [0.15, 0.2) is 45.1 Å². The van der Waals surface area contributed by atoms with Gasteiger partial charge in [-0.1, -0.05) is 15.9 Å². The minimum absolute atomic E-state index is 0.0656. The van der Waals surface area contributed by atoms with Crippen LogP contribution < -0.4 is 5.56 Å². The number of carbonyl (C=O) groups excluding carboxylic acids is 1. The standard InChI is InChI=1S/C18H12BrN5O3S/c1-23-16(25)15-13(4-5-28-15)24-14(21-22-18(23)24)8-27-17(26)11-7-20-12-3-2-9(19)6-10(11)12/h2-7,20H,8H2,1H3. The van der Waals surface area contributed by atoms with E-state index in [1.54, 1.807) is 17.6 Å². The number of benzene rings is 1. The molecule has 0 aliphatic rings. The fourth-order valence-electron chi connectivity index (χ4n) is 3.22. The van der Waals surface area contributed by atoms with Crippen molar-refractivity contribution in [2.45, 2.75) is 6.61 Å². The van der Waals surface area contributed by atoms with Crippen LogP contribution in [0.5, 0.6) is 0 Å². The number of carbonyl (C=O) groups is 1. The number of H-pyrrole nitrogens is 1. The van der Waals surface area contributed by atoms with Crippen molar-refractivity contribution in [1.82, 2.24) is 24.1 Å². The van der Waals surface area contributed by atoms with E-state index < -0.39 is 5.97 Å². The van der Waals surface area contributed by atoms with Gasteiger partial charge < -0.3 is 9.72 Å². The minimum Gasteiger partial charge on any atom is -0.454 e. The lowest BCUT2D eigenvalue weighted by Crippen LogP contribution is -2.19. The molecule has 4 heterocycles. The number of aromatic amines is 1. The molecule has 4 aromatic heterocycles. The summed E-state index contributed by atoms with van der Waals surface area (Å²) in [6, 6.07) is 7.47. The smallest absolute Gasteiger partial charge is 0.340 e. The zero-order valence-electron chi connectivity index (χ0n) is 14.5. The first kappa shape index (κ1) is 17.1. The first-order valence-electron chi connectivity index (χ1n) is 8.28. The number of esters is 1. The lowest BCUT2D eigenvalue weighted by molar-refractivity contribution is 0.0464. The Balaban J connectivity index is 1.52. The summed E-state index contributed by atoms with van der Waals surface area (Å²) in [6.07, 6.45) is 1.63. The van der Waals surface area contributed by atoms with Gasteiger partial charge >= 0.3 is 5.97 Å². The molecule has 1 N–H and O–H groups in total. The Hall–Kier alpha value is -2.98. The van der Waals surface area contributed by atoms with Gasteiger partial charge in [-0.15, -0.1) is 21.5 Å². The third kappa shape index (κ3) is 2.49. The number of thiophene rings is 1. The first-order chi connectivity index (χ1) is 13.5. The number of rotatable bonds is 3. The number of aromatic nitrogens is 5. The number of nitrogens with zero attached hydrogens (tertiary/aromatic N) is 4. The Kier molecular flexibility index (Phi) is 3.84. The van der Waals surface area contributed by atoms with Crippen molar-refractivity contribution in [3.63, 3.8) is 0 Å². The minimum atomic E-state index is -0.465. The van der Waals surface area contributed by atoms with Crippen LogP contribution in [0.3, 0.4) is 0 Å². The van der Waals surface area contributed by atoms with Gasteiger partial charge in [-0.05, 0) is 29.6 Å². The Bertz CT molecular complexity index is 1440. The summed E-state index contributed by atoms with van der Waals surface area (Å²) in [5.74, 6) is 0.383. The molecule has 0 aliphatic heterocycles. The molecule has 0 spiro atoms. The third-order valence-corrected chi connectivity index (χ3v) is 5.98. The van der Waals surface area contributed by atoms with Crippen molar-refractivity contribution in [1.29, 1.82) is 0 Å². The average Bonchev–Trinajstić information content (AvgIpc) is 3.40. The second-order valence-corrected chi connectivity index (χ2v) is 8.05. The van der Waals surface area contributed by atoms with E-state index in [2.05, 4.69) is 31.1 Å². The van der Waals surface area contributed by atoms with E-state index in [4.69, 9.17) is 4.74 Å². The molecule has 1 aromatic carbocycles. The summed E-state index contributed by atoms with van der Waals surface area (Å²) in [4.78, 5) is 28.1. The predicted octanol–water partition coefficient (Wildman–Crippen LogP) is 3.24. The Morgan fingerprint density at radius 3 is 3.04 bits per heavy atom. The maximum Gasteiger partial charge on any atom is 0.340 e. The molecule has 0 saturated carbocycles. The van der Waals surface area contributed by atoms with Crippen molar-refractivity contribution < 1.29 is 9.53 Å². The SMILES string of the molecule is Cn1c(=O)c2sccc2n2c(COC(=O)c3c[nH]c4ccc(Br)cc34)nnc12. The Morgan fingerprint density at radius 2 is 2.18 bits per heavy atom. The monoisotopic (exact) mass is 457 g/mol. The van der Waals surface area contributed by atoms with E-state index >= 15 is 0 Å². The molecule has 0 unspecified atom stereocenters. The second kappa shape index (κ2) is 6.28. The number of hydrogen-bond acceptors (Lipinski definition) is 6. The second-order valence-electron chi connectivity index (χ2n) is 6.22. The van der Waals surface area contributed by atoms with E-state index in [0.29, 0.717) is 27.4 Å². The highest BCUT2D eigenvalue weighted by Crippen LogP contribution is 2.24. The van der Waals surface area contributed by atoms with E-state index in [1.807, 2.05) is 29.6 Å². The lowest BCUT2D eigenvalue weighted by atomic mass is 10.2. The fraction of sp³-hybridized carbons (Fsp3) is 0.111. The first-order valence-corrected chi connectivity index (χ1v) is 9.96. The maximum absolute atomic E-state index is 12.6. The molecular formula is C18H12BrN5O3S. The van der Waals surface area contributed by atoms with Crippen molar-refractivity contribution >= 4 is 60.1 Å². The lowest BCUT2D eigenvalue weighted by Gasteiger charge is -2.06. The van der Waals surface area contributed by atoms with Crippen molar-refractivity contribution in [3.05, 3.63) is 62.1 Å². The zero-order chi connectivity index (χ0) is 19.4. The molecule has 10 heteroatoms. The number of nitrogens with one attached hydrogen (secondary N) is 1. The molecule has 0 radical (unpaired) electrons. The van der Waals surface area contributed by atoms with Gasteiger partial charge in [0.2, 0.25) is 5.78 Å². The highest BCUT2D eigenvalue weighted by molar-refractivity contribution is 9.10. The molecule has 140 valence electrons. The summed E-state index contributed by atoms with van der Waals surface area (Å²) in [6.45, 7) is -0.0656. The van der Waals surface area contributed by atoms with Gasteiger partial charge in [0, 0.05) is 28.6 Å². The molecule has 0 saturated heterocycles. The normalized spacial score (nSPS) is 11.6. The van der Waals surface area contributed by atoms with Gasteiger partial charge in [0.15, 0.2) is 12.4 Å². The van der Waals surface area contributed by atoms with E-state index in [9.17, 15) is 9.59 Å². The molecule has 28 heavy (non-hydrogen) atoms. The molecule has 5 rings (SSSR count). The quantitative estimate of drug-likeness (QED) is 0.419. The van der Waals surface area contributed by atoms with E-state index in [1.165, 1.54) is 15.9 Å². The average molecular weight is 458 g/mol. The van der Waals surface area contributed by atoms with Crippen LogP contribution in [0.1, 0.15) is 16.2 Å². The highest BCUT2D eigenvalue weighted by Gasteiger charge is 2.18. The molecular weight excluding hydrogens is 446 g/mol. The highest BCUT2D eigenvalue weighted by atomic mass is 79.9. The van der Waals surface area contributed by atoms with Crippen LogP contribution in [0.25, 0.3) is 26.9 Å². The van der Waals surface area contributed by atoms with E-state index in [0.717, 1.165) is 15.4 Å². The molecule has 0 amide bonds. The summed E-state index contributed by atoms with van der Waals surface area (Å²) in [5.41, 5.74) is 1.87. The molecule has 0 fully saturated rings. The summed E-state index contributed by atoms with van der Waals surface area (Å²) in [5, 5.41) is 10.8. The molecule has 0 atom stereocenters. The summed E-state index contributed by atoms with van der Waals surface area (Å²) in [7, 11) is 1.64. The van der Waals surface area contributed by atoms with Crippen molar-refractivity contribution in [3.8, 4) is 0 Å². The van der Waals surface area contributed by atoms with Crippen LogP contribution in [0.4, 0.5) is 0 Å². The van der Waals surface area contributed by atoms with Crippen LogP contribution in [0.2, 0.25) is 0 Å². The third-order valence-electron chi connectivity index (χ3n) is 4.59. The summed E-state index contributed by atoms with van der Waals surface area (Å²) >= 11 is 4.77.